The molecule has 3 rings (SSSR count). The molecule has 0 spiro atoms. The van der Waals surface area contributed by atoms with Crippen LogP contribution in [-0.4, -0.2) is 21.2 Å². The van der Waals surface area contributed by atoms with E-state index in [9.17, 15) is 9.18 Å². The van der Waals surface area contributed by atoms with Gasteiger partial charge in [0, 0.05) is 12.3 Å². The highest BCUT2D eigenvalue weighted by molar-refractivity contribution is 5.70. The topological polar surface area (TPSA) is 76.2 Å². The smallest absolute Gasteiger partial charge is 0.306 e. The molecule has 1 heterocycles. The quantitative estimate of drug-likeness (QED) is 0.937. The Morgan fingerprint density at radius 3 is 3.00 bits per heavy atom. The molecule has 1 N–H and O–H groups in total. The predicted molar refractivity (Wildman–Crippen MR) is 71.2 cm³/mol. The molecule has 1 aliphatic carbocycles. The molecule has 2 unspecified atom stereocenters. The summed E-state index contributed by atoms with van der Waals surface area (Å²) in [5.74, 6) is -0.388. The van der Waals surface area contributed by atoms with Gasteiger partial charge in [-0.05, 0) is 37.0 Å². The third-order valence-electron chi connectivity index (χ3n) is 3.87. The van der Waals surface area contributed by atoms with Crippen LogP contribution in [0.5, 0.6) is 0 Å². The van der Waals surface area contributed by atoms with Gasteiger partial charge in [0.1, 0.15) is 5.82 Å². The van der Waals surface area contributed by atoms with Gasteiger partial charge in [0.25, 0.3) is 0 Å². The Labute approximate surface area is 120 Å². The van der Waals surface area contributed by atoms with Crippen molar-refractivity contribution in [2.75, 3.05) is 0 Å². The van der Waals surface area contributed by atoms with Gasteiger partial charge in [-0.1, -0.05) is 17.3 Å². The summed E-state index contributed by atoms with van der Waals surface area (Å²) in [5, 5.41) is 12.9. The first-order chi connectivity index (χ1) is 10.1. The highest BCUT2D eigenvalue weighted by atomic mass is 19.1. The van der Waals surface area contributed by atoms with Crippen molar-refractivity contribution in [1.82, 2.24) is 10.1 Å². The summed E-state index contributed by atoms with van der Waals surface area (Å²) in [6.45, 7) is 0. The first-order valence-electron chi connectivity index (χ1n) is 6.91. The Kier molecular flexibility index (Phi) is 3.68. The first kappa shape index (κ1) is 13.7. The minimum absolute atomic E-state index is 0.0138. The van der Waals surface area contributed by atoms with Gasteiger partial charge in [-0.2, -0.15) is 4.98 Å². The maximum Gasteiger partial charge on any atom is 0.306 e. The minimum atomic E-state index is -0.767. The van der Waals surface area contributed by atoms with Crippen molar-refractivity contribution in [1.29, 1.82) is 0 Å². The van der Waals surface area contributed by atoms with Crippen molar-refractivity contribution < 1.29 is 18.8 Å². The summed E-state index contributed by atoms with van der Waals surface area (Å²) in [7, 11) is 0. The van der Waals surface area contributed by atoms with E-state index in [-0.39, 0.29) is 17.7 Å². The van der Waals surface area contributed by atoms with E-state index in [1.165, 1.54) is 12.1 Å². The van der Waals surface area contributed by atoms with Crippen LogP contribution in [0, 0.1) is 11.7 Å². The zero-order valence-electron chi connectivity index (χ0n) is 11.3. The van der Waals surface area contributed by atoms with Crippen LogP contribution in [0.25, 0.3) is 0 Å². The average molecular weight is 290 g/mol. The fourth-order valence-electron chi connectivity index (χ4n) is 2.76. The summed E-state index contributed by atoms with van der Waals surface area (Å²) in [4.78, 5) is 15.3. The molecule has 6 heteroatoms. The zero-order valence-corrected chi connectivity index (χ0v) is 11.3. The molecule has 0 saturated heterocycles. The molecule has 110 valence electrons. The number of aromatic nitrogens is 2. The number of hydrogen-bond acceptors (Lipinski definition) is 4. The van der Waals surface area contributed by atoms with Gasteiger partial charge in [-0.3, -0.25) is 4.79 Å². The van der Waals surface area contributed by atoms with E-state index in [0.29, 0.717) is 31.0 Å². The maximum absolute atomic E-state index is 13.1. The molecule has 1 fully saturated rings. The Hall–Kier alpha value is -2.24. The number of hydrogen-bond donors (Lipinski definition) is 1. The maximum atomic E-state index is 13.1. The Morgan fingerprint density at radius 2 is 2.29 bits per heavy atom. The highest BCUT2D eigenvalue weighted by Gasteiger charge is 2.33. The minimum Gasteiger partial charge on any atom is -0.481 e. The van der Waals surface area contributed by atoms with Crippen LogP contribution in [0.4, 0.5) is 4.39 Å². The van der Waals surface area contributed by atoms with Crippen molar-refractivity contribution in [2.24, 2.45) is 5.92 Å². The number of carboxylic acids is 1. The molecule has 5 nitrogen and oxygen atoms in total. The van der Waals surface area contributed by atoms with Crippen molar-refractivity contribution in [3.05, 3.63) is 47.4 Å². The van der Waals surface area contributed by atoms with Crippen molar-refractivity contribution >= 4 is 5.97 Å². The molecule has 0 aliphatic heterocycles. The Balaban J connectivity index is 1.68. The molecule has 1 aliphatic rings. The van der Waals surface area contributed by atoms with Gasteiger partial charge >= 0.3 is 5.97 Å². The zero-order chi connectivity index (χ0) is 14.8. The summed E-state index contributed by atoms with van der Waals surface area (Å²) in [6, 6.07) is 6.26. The van der Waals surface area contributed by atoms with Gasteiger partial charge in [0.2, 0.25) is 5.89 Å². The molecule has 1 aromatic heterocycles. The van der Waals surface area contributed by atoms with E-state index < -0.39 is 5.97 Å². The number of carboxylic acid groups (broad SMARTS) is 1. The molecular weight excluding hydrogens is 275 g/mol. The summed E-state index contributed by atoms with van der Waals surface area (Å²) in [6.07, 6.45) is 2.33. The third-order valence-corrected chi connectivity index (χ3v) is 3.87. The van der Waals surface area contributed by atoms with Crippen molar-refractivity contribution in [2.45, 2.75) is 31.6 Å². The lowest BCUT2D eigenvalue weighted by atomic mass is 10.1. The number of aliphatic carboxylic acids is 1. The second-order valence-corrected chi connectivity index (χ2v) is 5.40. The van der Waals surface area contributed by atoms with Gasteiger partial charge in [-0.25, -0.2) is 4.39 Å². The number of benzene rings is 1. The second-order valence-electron chi connectivity index (χ2n) is 5.40. The van der Waals surface area contributed by atoms with Gasteiger partial charge in [0.05, 0.1) is 5.92 Å². The van der Waals surface area contributed by atoms with Crippen LogP contribution in [0.3, 0.4) is 0 Å². The summed E-state index contributed by atoms with van der Waals surface area (Å²) < 4.78 is 18.4. The molecule has 0 radical (unpaired) electrons. The summed E-state index contributed by atoms with van der Waals surface area (Å²) >= 11 is 0. The van der Waals surface area contributed by atoms with Crippen molar-refractivity contribution in [3.63, 3.8) is 0 Å². The van der Waals surface area contributed by atoms with Gasteiger partial charge in [-0.15, -0.1) is 0 Å². The van der Waals surface area contributed by atoms with Crippen LogP contribution >= 0.6 is 0 Å². The Morgan fingerprint density at radius 1 is 1.43 bits per heavy atom. The Bertz CT molecular complexity index is 656. The van der Waals surface area contributed by atoms with E-state index in [1.807, 2.05) is 0 Å². The SMILES string of the molecule is O=C(O)C1CCC(c2nc(Cc3cccc(F)c3)no2)C1. The van der Waals surface area contributed by atoms with E-state index >= 15 is 0 Å². The molecule has 1 aromatic carbocycles. The lowest BCUT2D eigenvalue weighted by molar-refractivity contribution is -0.141. The molecule has 1 saturated carbocycles. The molecule has 21 heavy (non-hydrogen) atoms. The van der Waals surface area contributed by atoms with Gasteiger partial charge in [0.15, 0.2) is 5.82 Å². The summed E-state index contributed by atoms with van der Waals surface area (Å²) in [5.41, 5.74) is 0.775. The van der Waals surface area contributed by atoms with Crippen LogP contribution in [0.1, 0.15) is 42.5 Å². The van der Waals surface area contributed by atoms with E-state index in [4.69, 9.17) is 9.63 Å². The van der Waals surface area contributed by atoms with E-state index in [1.54, 1.807) is 12.1 Å². The molecule has 2 aromatic rings. The second kappa shape index (κ2) is 5.63. The average Bonchev–Trinajstić information content (AvgIpc) is 3.06. The lowest BCUT2D eigenvalue weighted by Crippen LogP contribution is -2.09. The fourth-order valence-corrected chi connectivity index (χ4v) is 2.76. The van der Waals surface area contributed by atoms with Crippen LogP contribution in [0.2, 0.25) is 0 Å². The van der Waals surface area contributed by atoms with E-state index in [2.05, 4.69) is 10.1 Å². The van der Waals surface area contributed by atoms with Gasteiger partial charge < -0.3 is 9.63 Å². The van der Waals surface area contributed by atoms with Crippen LogP contribution < -0.4 is 0 Å². The van der Waals surface area contributed by atoms with Crippen molar-refractivity contribution in [3.8, 4) is 0 Å². The van der Waals surface area contributed by atoms with Crippen LogP contribution in [-0.2, 0) is 11.2 Å². The first-order valence-corrected chi connectivity index (χ1v) is 6.91. The lowest BCUT2D eigenvalue weighted by Gasteiger charge is -2.02. The normalized spacial score (nSPS) is 21.6. The number of halogens is 1. The molecule has 2 atom stereocenters. The third kappa shape index (κ3) is 3.09. The number of rotatable bonds is 4. The standard InChI is InChI=1S/C15H15FN2O3/c16-12-3-1-2-9(6-12)7-13-17-14(21-18-13)10-4-5-11(8-10)15(19)20/h1-3,6,10-11H,4-5,7-8H2,(H,19,20). The number of carbonyl (C=O) groups is 1. The highest BCUT2D eigenvalue weighted by Crippen LogP contribution is 2.37. The predicted octanol–water partition coefficient (Wildman–Crippen LogP) is 2.77. The van der Waals surface area contributed by atoms with Crippen LogP contribution in [0.15, 0.2) is 28.8 Å². The number of nitrogens with zero attached hydrogens (tertiary/aromatic N) is 2. The molecular formula is C15H15FN2O3. The monoisotopic (exact) mass is 290 g/mol. The molecule has 0 amide bonds. The van der Waals surface area contributed by atoms with E-state index in [0.717, 1.165) is 12.0 Å². The fraction of sp³-hybridized carbons (Fsp3) is 0.400. The largest absolute Gasteiger partial charge is 0.481 e. The molecule has 0 bridgehead atoms.